The molecule has 0 atom stereocenters. The van der Waals surface area contributed by atoms with Gasteiger partial charge in [0.05, 0.1) is 16.4 Å². The van der Waals surface area contributed by atoms with Crippen molar-refractivity contribution in [1.29, 1.82) is 0 Å². The zero-order chi connectivity index (χ0) is 20.3. The fraction of sp³-hybridized carbons (Fsp3) is 0.0526. The first-order valence-corrected chi connectivity index (χ1v) is 9.53. The molecule has 0 unspecified atom stereocenters. The van der Waals surface area contributed by atoms with Crippen LogP contribution in [0.2, 0.25) is 10.0 Å². The largest absolute Gasteiger partial charge is 0.293 e. The third-order valence-corrected chi connectivity index (χ3v) is 5.35. The zero-order valence-corrected chi connectivity index (χ0v) is 16.5. The van der Waals surface area contributed by atoms with Crippen LogP contribution in [-0.2, 0) is 11.3 Å². The van der Waals surface area contributed by atoms with Gasteiger partial charge in [-0.1, -0.05) is 53.6 Å². The minimum Gasteiger partial charge on any atom is -0.268 e. The fourth-order valence-electron chi connectivity index (χ4n) is 2.46. The summed E-state index contributed by atoms with van der Waals surface area (Å²) >= 11 is 12.8. The number of carbonyl (C=O) groups excluding carboxylic acids is 2. The quantitative estimate of drug-likeness (QED) is 0.342. The number of rotatable bonds is 5. The van der Waals surface area contributed by atoms with E-state index in [2.05, 4.69) is 0 Å². The maximum atomic E-state index is 12.5. The summed E-state index contributed by atoms with van der Waals surface area (Å²) in [6.45, 7) is 0.0482. The van der Waals surface area contributed by atoms with Crippen LogP contribution in [0.25, 0.3) is 6.08 Å². The highest BCUT2D eigenvalue weighted by Gasteiger charge is 2.34. The van der Waals surface area contributed by atoms with Crippen molar-refractivity contribution in [2.75, 3.05) is 0 Å². The van der Waals surface area contributed by atoms with Crippen LogP contribution in [0.4, 0.5) is 10.5 Å². The predicted molar refractivity (Wildman–Crippen MR) is 110 cm³/mol. The Bertz CT molecular complexity index is 1040. The van der Waals surface area contributed by atoms with E-state index in [0.717, 1.165) is 16.7 Å². The summed E-state index contributed by atoms with van der Waals surface area (Å²) in [6, 6.07) is 10.9. The summed E-state index contributed by atoms with van der Waals surface area (Å²) in [7, 11) is 0. The SMILES string of the molecule is O=C1S/C(=C\C=C\c2cccc([N+](=O)[O-])c2)C(=O)N1Cc1ccc(Cl)cc1Cl. The number of allylic oxidation sites excluding steroid dienone is 2. The molecule has 0 spiro atoms. The van der Waals surface area contributed by atoms with Gasteiger partial charge in [-0.15, -0.1) is 0 Å². The van der Waals surface area contributed by atoms with Gasteiger partial charge in [0.25, 0.3) is 16.8 Å². The lowest BCUT2D eigenvalue weighted by Crippen LogP contribution is -2.27. The number of nitro groups is 1. The smallest absolute Gasteiger partial charge is 0.268 e. The normalized spacial score (nSPS) is 15.8. The summed E-state index contributed by atoms with van der Waals surface area (Å²) in [6.07, 6.45) is 4.70. The highest BCUT2D eigenvalue weighted by molar-refractivity contribution is 8.18. The van der Waals surface area contributed by atoms with Crippen LogP contribution in [0.3, 0.4) is 0 Å². The monoisotopic (exact) mass is 434 g/mol. The van der Waals surface area contributed by atoms with Gasteiger partial charge in [-0.3, -0.25) is 24.6 Å². The number of carbonyl (C=O) groups is 2. The number of hydrogen-bond donors (Lipinski definition) is 0. The minimum absolute atomic E-state index is 0.0256. The van der Waals surface area contributed by atoms with E-state index in [9.17, 15) is 19.7 Å². The van der Waals surface area contributed by atoms with Crippen LogP contribution in [0, 0.1) is 10.1 Å². The topological polar surface area (TPSA) is 80.5 Å². The van der Waals surface area contributed by atoms with Crippen molar-refractivity contribution >= 4 is 57.9 Å². The Morgan fingerprint density at radius 1 is 1.14 bits per heavy atom. The zero-order valence-electron chi connectivity index (χ0n) is 14.2. The molecule has 0 aromatic heterocycles. The molecule has 0 radical (unpaired) electrons. The van der Waals surface area contributed by atoms with Gasteiger partial charge in [0.2, 0.25) is 0 Å². The molecule has 9 heteroatoms. The van der Waals surface area contributed by atoms with Gasteiger partial charge in [-0.25, -0.2) is 0 Å². The molecule has 0 bridgehead atoms. The maximum Gasteiger partial charge on any atom is 0.293 e. The van der Waals surface area contributed by atoms with E-state index in [0.29, 0.717) is 21.2 Å². The number of thioether (sulfide) groups is 1. The van der Waals surface area contributed by atoms with Crippen molar-refractivity contribution in [3.8, 4) is 0 Å². The molecule has 2 amide bonds. The van der Waals surface area contributed by atoms with E-state index >= 15 is 0 Å². The highest BCUT2D eigenvalue weighted by Crippen LogP contribution is 2.33. The standard InChI is InChI=1S/C19H12Cl2N2O4S/c20-14-8-7-13(16(21)10-14)11-22-18(24)17(28-19(22)25)6-2-4-12-3-1-5-15(9-12)23(26)27/h1-10H,11H2/b4-2+,17-6-. The summed E-state index contributed by atoms with van der Waals surface area (Å²) in [5.41, 5.74) is 1.20. The van der Waals surface area contributed by atoms with Crippen LogP contribution in [0.15, 0.2) is 59.5 Å². The Balaban J connectivity index is 1.74. The van der Waals surface area contributed by atoms with E-state index in [-0.39, 0.29) is 17.1 Å². The third-order valence-electron chi connectivity index (χ3n) is 3.83. The van der Waals surface area contributed by atoms with Gasteiger partial charge < -0.3 is 0 Å². The Labute approximate surface area is 174 Å². The number of non-ortho nitro benzene ring substituents is 1. The van der Waals surface area contributed by atoms with E-state index in [1.54, 1.807) is 42.5 Å². The molecule has 1 saturated heterocycles. The Hall–Kier alpha value is -2.61. The molecular weight excluding hydrogens is 423 g/mol. The number of amides is 2. The number of imide groups is 1. The number of benzene rings is 2. The van der Waals surface area contributed by atoms with E-state index < -0.39 is 16.1 Å². The van der Waals surface area contributed by atoms with Gasteiger partial charge in [0.1, 0.15) is 0 Å². The first-order valence-electron chi connectivity index (χ1n) is 7.95. The molecule has 1 fully saturated rings. The second-order valence-corrected chi connectivity index (χ2v) is 7.57. The Morgan fingerprint density at radius 2 is 1.93 bits per heavy atom. The van der Waals surface area contributed by atoms with E-state index in [4.69, 9.17) is 23.2 Å². The molecule has 0 saturated carbocycles. The van der Waals surface area contributed by atoms with Gasteiger partial charge in [0, 0.05) is 22.2 Å². The molecule has 2 aromatic rings. The molecule has 1 heterocycles. The van der Waals surface area contributed by atoms with Gasteiger partial charge in [-0.05, 0) is 41.1 Å². The van der Waals surface area contributed by atoms with Crippen molar-refractivity contribution in [3.05, 3.63) is 90.8 Å². The number of nitro benzene ring substituents is 1. The molecule has 0 aliphatic carbocycles. The molecule has 6 nitrogen and oxygen atoms in total. The van der Waals surface area contributed by atoms with E-state index in [1.807, 2.05) is 0 Å². The average Bonchev–Trinajstić information content (AvgIpc) is 2.91. The van der Waals surface area contributed by atoms with Crippen LogP contribution in [-0.4, -0.2) is 21.0 Å². The summed E-state index contributed by atoms with van der Waals surface area (Å²) < 4.78 is 0. The van der Waals surface area contributed by atoms with Crippen LogP contribution >= 0.6 is 35.0 Å². The van der Waals surface area contributed by atoms with Crippen LogP contribution < -0.4 is 0 Å². The lowest BCUT2D eigenvalue weighted by molar-refractivity contribution is -0.384. The molecule has 2 aromatic carbocycles. The lowest BCUT2D eigenvalue weighted by Gasteiger charge is -2.13. The third kappa shape index (κ3) is 4.62. The predicted octanol–water partition coefficient (Wildman–Crippen LogP) is 5.69. The summed E-state index contributed by atoms with van der Waals surface area (Å²) in [4.78, 5) is 36.4. The first kappa shape index (κ1) is 20.1. The molecule has 1 aliphatic heterocycles. The summed E-state index contributed by atoms with van der Waals surface area (Å²) in [5.74, 6) is -0.426. The maximum absolute atomic E-state index is 12.5. The number of halogens is 2. The Morgan fingerprint density at radius 3 is 2.64 bits per heavy atom. The molecule has 3 rings (SSSR count). The van der Waals surface area contributed by atoms with Gasteiger partial charge in [-0.2, -0.15) is 0 Å². The lowest BCUT2D eigenvalue weighted by atomic mass is 10.2. The second kappa shape index (κ2) is 8.60. The van der Waals surface area contributed by atoms with Crippen molar-refractivity contribution in [1.82, 2.24) is 4.90 Å². The van der Waals surface area contributed by atoms with Crippen molar-refractivity contribution in [2.24, 2.45) is 0 Å². The van der Waals surface area contributed by atoms with Crippen molar-refractivity contribution in [2.45, 2.75) is 6.54 Å². The second-order valence-electron chi connectivity index (χ2n) is 5.74. The molecular formula is C19H12Cl2N2O4S. The highest BCUT2D eigenvalue weighted by atomic mass is 35.5. The molecule has 0 N–H and O–H groups in total. The van der Waals surface area contributed by atoms with Gasteiger partial charge in [0.15, 0.2) is 0 Å². The first-order chi connectivity index (χ1) is 13.3. The number of nitrogens with zero attached hydrogens (tertiary/aromatic N) is 2. The minimum atomic E-state index is -0.482. The molecule has 28 heavy (non-hydrogen) atoms. The molecule has 1 aliphatic rings. The Kier molecular flexibility index (Phi) is 6.18. The van der Waals surface area contributed by atoms with Gasteiger partial charge >= 0.3 is 0 Å². The van der Waals surface area contributed by atoms with E-state index in [1.165, 1.54) is 18.2 Å². The van der Waals surface area contributed by atoms with Crippen molar-refractivity contribution in [3.63, 3.8) is 0 Å². The van der Waals surface area contributed by atoms with Crippen molar-refractivity contribution < 1.29 is 14.5 Å². The summed E-state index contributed by atoms with van der Waals surface area (Å²) in [5, 5.41) is 11.3. The average molecular weight is 435 g/mol. The fourth-order valence-corrected chi connectivity index (χ4v) is 3.72. The molecule has 142 valence electrons. The number of hydrogen-bond acceptors (Lipinski definition) is 5. The van der Waals surface area contributed by atoms with Crippen LogP contribution in [0.5, 0.6) is 0 Å². The van der Waals surface area contributed by atoms with Crippen LogP contribution in [0.1, 0.15) is 11.1 Å².